The Balaban J connectivity index is 1.37. The lowest BCUT2D eigenvalue weighted by Gasteiger charge is -2.41. The Bertz CT molecular complexity index is 1220. The van der Waals surface area contributed by atoms with Gasteiger partial charge in [0.2, 0.25) is 11.8 Å². The van der Waals surface area contributed by atoms with Crippen LogP contribution in [0, 0.1) is 5.41 Å². The van der Waals surface area contributed by atoms with Crippen molar-refractivity contribution >= 4 is 23.4 Å². The smallest absolute Gasteiger partial charge is 0.242 e. The minimum Gasteiger partial charge on any atom is -0.354 e. The first-order valence-electron chi connectivity index (χ1n) is 13.0. The van der Waals surface area contributed by atoms with Crippen LogP contribution in [-0.4, -0.2) is 57.4 Å². The van der Waals surface area contributed by atoms with Crippen LogP contribution >= 0.6 is 11.6 Å². The highest BCUT2D eigenvalue weighted by Gasteiger charge is 2.43. The van der Waals surface area contributed by atoms with Gasteiger partial charge in [0, 0.05) is 43.7 Å². The van der Waals surface area contributed by atoms with Gasteiger partial charge in [-0.1, -0.05) is 65.3 Å². The Kier molecular flexibility index (Phi) is 7.86. The lowest BCUT2D eigenvalue weighted by atomic mass is 9.73. The number of nitrogens with one attached hydrogen (secondary N) is 2. The Morgan fingerprint density at radius 3 is 2.54 bits per heavy atom. The number of piperidine rings is 1. The molecule has 1 saturated heterocycles. The van der Waals surface area contributed by atoms with E-state index < -0.39 is 11.5 Å². The molecule has 0 unspecified atom stereocenters. The minimum absolute atomic E-state index is 0.0882. The third-order valence-corrected chi connectivity index (χ3v) is 7.89. The number of likely N-dealkylation sites (tertiary alicyclic amines) is 1. The molecule has 2 bridgehead atoms. The zero-order valence-electron chi connectivity index (χ0n) is 20.9. The molecular formula is C28H33ClN6O2. The van der Waals surface area contributed by atoms with Crippen LogP contribution < -0.4 is 10.6 Å². The average molecular weight is 521 g/mol. The lowest BCUT2D eigenvalue weighted by molar-refractivity contribution is -0.137. The monoisotopic (exact) mass is 520 g/mol. The fourth-order valence-corrected chi connectivity index (χ4v) is 5.51. The molecular weight excluding hydrogens is 488 g/mol. The van der Waals surface area contributed by atoms with E-state index in [4.69, 9.17) is 11.6 Å². The summed E-state index contributed by atoms with van der Waals surface area (Å²) in [6.07, 6.45) is 4.95. The third kappa shape index (κ3) is 6.19. The predicted octanol–water partition coefficient (Wildman–Crippen LogP) is 3.00. The summed E-state index contributed by atoms with van der Waals surface area (Å²) in [5, 5.41) is 15.5. The zero-order chi connectivity index (χ0) is 25.7. The Labute approximate surface area is 222 Å². The number of fused-ring (bicyclic) bond motifs is 2. The molecule has 0 saturated carbocycles. The number of aromatic nitrogens is 3. The quantitative estimate of drug-likeness (QED) is 0.552. The van der Waals surface area contributed by atoms with E-state index in [9.17, 15) is 9.59 Å². The van der Waals surface area contributed by atoms with Crippen molar-refractivity contribution in [1.82, 2.24) is 30.5 Å². The SMILES string of the molecule is O=C1NCCCn2cc(nn2)CC2(CCN(Cc3ccccc3Cl)CC2)C(=O)N[C@H]1Cc1ccccc1. The van der Waals surface area contributed by atoms with Crippen molar-refractivity contribution < 1.29 is 9.59 Å². The first-order chi connectivity index (χ1) is 18.0. The second-order valence-corrected chi connectivity index (χ2v) is 10.6. The van der Waals surface area contributed by atoms with Crippen molar-refractivity contribution in [1.29, 1.82) is 0 Å². The van der Waals surface area contributed by atoms with E-state index in [1.165, 1.54) is 0 Å². The maximum Gasteiger partial charge on any atom is 0.242 e. The molecule has 2 aromatic carbocycles. The van der Waals surface area contributed by atoms with Gasteiger partial charge in [-0.05, 0) is 49.5 Å². The summed E-state index contributed by atoms with van der Waals surface area (Å²) in [4.78, 5) is 29.5. The second-order valence-electron chi connectivity index (χ2n) is 10.2. The molecule has 1 aromatic heterocycles. The van der Waals surface area contributed by atoms with Crippen LogP contribution in [-0.2, 0) is 35.5 Å². The molecule has 2 aliphatic heterocycles. The van der Waals surface area contributed by atoms with Crippen molar-refractivity contribution in [2.24, 2.45) is 5.41 Å². The molecule has 0 radical (unpaired) electrons. The number of nitrogens with zero attached hydrogens (tertiary/aromatic N) is 4. The van der Waals surface area contributed by atoms with Gasteiger partial charge in [0.15, 0.2) is 0 Å². The normalized spacial score (nSPS) is 20.8. The first-order valence-corrected chi connectivity index (χ1v) is 13.4. The maximum absolute atomic E-state index is 14.0. The molecule has 1 spiro atoms. The molecule has 2 amide bonds. The van der Waals surface area contributed by atoms with Crippen LogP contribution in [0.4, 0.5) is 0 Å². The van der Waals surface area contributed by atoms with E-state index in [-0.39, 0.29) is 11.8 Å². The van der Waals surface area contributed by atoms with Crippen molar-refractivity contribution in [2.45, 2.75) is 51.2 Å². The van der Waals surface area contributed by atoms with E-state index in [1.54, 1.807) is 4.68 Å². The van der Waals surface area contributed by atoms with Gasteiger partial charge in [0.25, 0.3) is 0 Å². The molecule has 2 aliphatic rings. The first kappa shape index (κ1) is 25.4. The van der Waals surface area contributed by atoms with Crippen LogP contribution in [0.5, 0.6) is 0 Å². The highest BCUT2D eigenvalue weighted by atomic mass is 35.5. The molecule has 9 heteroatoms. The summed E-state index contributed by atoms with van der Waals surface area (Å²) in [5.74, 6) is -0.240. The van der Waals surface area contributed by atoms with Crippen molar-refractivity contribution in [3.05, 3.63) is 82.6 Å². The summed E-state index contributed by atoms with van der Waals surface area (Å²) in [6.45, 7) is 3.42. The predicted molar refractivity (Wildman–Crippen MR) is 142 cm³/mol. The summed E-state index contributed by atoms with van der Waals surface area (Å²) < 4.78 is 1.80. The number of aryl methyl sites for hydroxylation is 1. The van der Waals surface area contributed by atoms with Gasteiger partial charge in [-0.25, -0.2) is 0 Å². The van der Waals surface area contributed by atoms with E-state index in [2.05, 4.69) is 25.8 Å². The number of carbonyl (C=O) groups is 2. The molecule has 1 fully saturated rings. The van der Waals surface area contributed by atoms with Crippen LogP contribution in [0.3, 0.4) is 0 Å². The van der Waals surface area contributed by atoms with Gasteiger partial charge in [-0.15, -0.1) is 5.10 Å². The number of rotatable bonds is 4. The van der Waals surface area contributed by atoms with E-state index >= 15 is 0 Å². The summed E-state index contributed by atoms with van der Waals surface area (Å²) in [6, 6.07) is 17.1. The highest BCUT2D eigenvalue weighted by Crippen LogP contribution is 2.36. The molecule has 8 nitrogen and oxygen atoms in total. The lowest BCUT2D eigenvalue weighted by Crippen LogP contribution is -2.56. The fourth-order valence-electron chi connectivity index (χ4n) is 5.31. The Morgan fingerprint density at radius 2 is 1.76 bits per heavy atom. The molecule has 3 heterocycles. The third-order valence-electron chi connectivity index (χ3n) is 7.52. The maximum atomic E-state index is 14.0. The van der Waals surface area contributed by atoms with Crippen LogP contribution in [0.15, 0.2) is 60.8 Å². The van der Waals surface area contributed by atoms with Crippen LogP contribution in [0.25, 0.3) is 0 Å². The van der Waals surface area contributed by atoms with Gasteiger partial charge in [-0.2, -0.15) is 0 Å². The Morgan fingerprint density at radius 1 is 1.00 bits per heavy atom. The summed E-state index contributed by atoms with van der Waals surface area (Å²) >= 11 is 6.40. The van der Waals surface area contributed by atoms with Crippen molar-refractivity contribution in [3.63, 3.8) is 0 Å². The topological polar surface area (TPSA) is 92.2 Å². The standard InChI is InChI=1S/C28H33ClN6O2/c29-24-10-5-4-9-22(24)19-34-15-11-28(12-16-34)18-23-20-35(33-32-23)14-6-13-30-26(36)25(31-27(28)37)17-21-7-2-1-3-8-21/h1-5,7-10,20,25H,6,11-19H2,(H,30,36)(H,31,37)/t25-/m0/s1. The fraction of sp³-hybridized carbons (Fsp3) is 0.429. The van der Waals surface area contributed by atoms with Crippen molar-refractivity contribution in [3.8, 4) is 0 Å². The highest BCUT2D eigenvalue weighted by molar-refractivity contribution is 6.31. The van der Waals surface area contributed by atoms with E-state index in [1.807, 2.05) is 60.8 Å². The minimum atomic E-state index is -0.666. The number of amides is 2. The number of carbonyl (C=O) groups excluding carboxylic acids is 2. The van der Waals surface area contributed by atoms with Gasteiger partial charge in [-0.3, -0.25) is 19.2 Å². The molecule has 1 atom stereocenters. The van der Waals surface area contributed by atoms with E-state index in [0.717, 1.165) is 47.9 Å². The number of benzene rings is 2. The number of halogens is 1. The van der Waals surface area contributed by atoms with Crippen LogP contribution in [0.2, 0.25) is 5.02 Å². The largest absolute Gasteiger partial charge is 0.354 e. The summed E-state index contributed by atoms with van der Waals surface area (Å²) in [7, 11) is 0. The number of hydrogen-bond donors (Lipinski definition) is 2. The van der Waals surface area contributed by atoms with Crippen LogP contribution in [0.1, 0.15) is 36.1 Å². The van der Waals surface area contributed by atoms with E-state index in [0.29, 0.717) is 38.8 Å². The molecule has 0 aliphatic carbocycles. The molecule has 5 rings (SSSR count). The van der Waals surface area contributed by atoms with Gasteiger partial charge < -0.3 is 10.6 Å². The van der Waals surface area contributed by atoms with Gasteiger partial charge >= 0.3 is 0 Å². The molecule has 37 heavy (non-hydrogen) atoms. The zero-order valence-corrected chi connectivity index (χ0v) is 21.7. The van der Waals surface area contributed by atoms with Gasteiger partial charge in [0.05, 0.1) is 11.1 Å². The molecule has 194 valence electrons. The van der Waals surface area contributed by atoms with Gasteiger partial charge in [0.1, 0.15) is 6.04 Å². The Hall–Kier alpha value is -3.23. The second kappa shape index (κ2) is 11.4. The number of hydrogen-bond acceptors (Lipinski definition) is 5. The average Bonchev–Trinajstić information content (AvgIpc) is 3.35. The van der Waals surface area contributed by atoms with Crippen molar-refractivity contribution in [2.75, 3.05) is 19.6 Å². The molecule has 2 N–H and O–H groups in total. The molecule has 3 aromatic rings. The summed E-state index contributed by atoms with van der Waals surface area (Å²) in [5.41, 5.74) is 2.24.